The molecule has 2 nitrogen and oxygen atoms in total. The van der Waals surface area contributed by atoms with Gasteiger partial charge in [0.25, 0.3) is 0 Å². The number of halogens is 2. The highest BCUT2D eigenvalue weighted by Crippen LogP contribution is 2.26. The highest BCUT2D eigenvalue weighted by atomic mass is 35.5. The number of hydrogen-bond donors (Lipinski definition) is 2. The van der Waals surface area contributed by atoms with Gasteiger partial charge in [-0.05, 0) is 30.7 Å². The van der Waals surface area contributed by atoms with E-state index in [9.17, 15) is 4.39 Å². The maximum absolute atomic E-state index is 13.8. The van der Waals surface area contributed by atoms with Crippen molar-refractivity contribution in [2.75, 3.05) is 0 Å². The van der Waals surface area contributed by atoms with E-state index in [2.05, 4.69) is 5.43 Å². The van der Waals surface area contributed by atoms with Gasteiger partial charge in [-0.3, -0.25) is 5.84 Å². The van der Waals surface area contributed by atoms with Crippen LogP contribution in [-0.4, -0.2) is 0 Å². The van der Waals surface area contributed by atoms with Gasteiger partial charge in [0.2, 0.25) is 0 Å². The molecule has 2 aromatic carbocycles. The highest BCUT2D eigenvalue weighted by Gasteiger charge is 2.17. The minimum absolute atomic E-state index is 0.330. The Hall–Kier alpha value is -1.42. The summed E-state index contributed by atoms with van der Waals surface area (Å²) < 4.78 is 13.8. The van der Waals surface area contributed by atoms with Crippen LogP contribution >= 0.6 is 11.6 Å². The minimum Gasteiger partial charge on any atom is -0.271 e. The Labute approximate surface area is 111 Å². The summed E-state index contributed by atoms with van der Waals surface area (Å²) >= 11 is 5.90. The van der Waals surface area contributed by atoms with E-state index in [0.29, 0.717) is 10.6 Å². The van der Waals surface area contributed by atoms with Crippen LogP contribution in [0.3, 0.4) is 0 Å². The van der Waals surface area contributed by atoms with Crippen molar-refractivity contribution in [1.82, 2.24) is 5.43 Å². The molecule has 0 amide bonds. The first-order valence-corrected chi connectivity index (χ1v) is 5.97. The Morgan fingerprint density at radius 2 is 2.00 bits per heavy atom. The first-order valence-electron chi connectivity index (χ1n) is 5.59. The van der Waals surface area contributed by atoms with E-state index in [4.69, 9.17) is 17.4 Å². The summed E-state index contributed by atoms with van der Waals surface area (Å²) in [6.45, 7) is 1.98. The molecule has 0 radical (unpaired) electrons. The normalized spacial score (nSPS) is 12.4. The van der Waals surface area contributed by atoms with E-state index in [1.807, 2.05) is 31.2 Å². The molecule has 0 fully saturated rings. The fourth-order valence-corrected chi connectivity index (χ4v) is 2.13. The van der Waals surface area contributed by atoms with E-state index in [1.54, 1.807) is 6.07 Å². The molecule has 94 valence electrons. The van der Waals surface area contributed by atoms with Crippen LogP contribution in [0.25, 0.3) is 0 Å². The van der Waals surface area contributed by atoms with Gasteiger partial charge in [0.1, 0.15) is 5.82 Å². The van der Waals surface area contributed by atoms with Crippen LogP contribution in [0, 0.1) is 12.7 Å². The molecule has 0 aliphatic heterocycles. The fraction of sp³-hybridized carbons (Fsp3) is 0.143. The van der Waals surface area contributed by atoms with Crippen LogP contribution in [0.15, 0.2) is 42.5 Å². The van der Waals surface area contributed by atoms with Crippen LogP contribution in [0.4, 0.5) is 4.39 Å². The highest BCUT2D eigenvalue weighted by molar-refractivity contribution is 6.30. The molecule has 2 aromatic rings. The van der Waals surface area contributed by atoms with E-state index in [0.717, 1.165) is 11.1 Å². The van der Waals surface area contributed by atoms with Crippen molar-refractivity contribution in [1.29, 1.82) is 0 Å². The van der Waals surface area contributed by atoms with Gasteiger partial charge < -0.3 is 0 Å². The molecule has 0 aliphatic carbocycles. The van der Waals surface area contributed by atoms with Crippen LogP contribution < -0.4 is 11.3 Å². The first kappa shape index (κ1) is 13.0. The van der Waals surface area contributed by atoms with Gasteiger partial charge >= 0.3 is 0 Å². The largest absolute Gasteiger partial charge is 0.271 e. The smallest absolute Gasteiger partial charge is 0.128 e. The van der Waals surface area contributed by atoms with Gasteiger partial charge in [0.15, 0.2) is 0 Å². The van der Waals surface area contributed by atoms with E-state index >= 15 is 0 Å². The SMILES string of the molecule is Cc1cccc(C(NN)c2cc(Cl)ccc2F)c1. The summed E-state index contributed by atoms with van der Waals surface area (Å²) in [4.78, 5) is 0. The molecule has 0 aromatic heterocycles. The van der Waals surface area contributed by atoms with Gasteiger partial charge in [0.05, 0.1) is 6.04 Å². The molecule has 0 bridgehead atoms. The number of hydrazine groups is 1. The summed E-state index contributed by atoms with van der Waals surface area (Å²) in [5.74, 6) is 5.22. The molecule has 1 unspecified atom stereocenters. The summed E-state index contributed by atoms with van der Waals surface area (Å²) in [6.07, 6.45) is 0. The molecule has 18 heavy (non-hydrogen) atoms. The van der Waals surface area contributed by atoms with Crippen molar-refractivity contribution in [2.45, 2.75) is 13.0 Å². The quantitative estimate of drug-likeness (QED) is 0.659. The lowest BCUT2D eigenvalue weighted by Gasteiger charge is -2.18. The topological polar surface area (TPSA) is 38.0 Å². The zero-order chi connectivity index (χ0) is 13.1. The number of hydrogen-bond acceptors (Lipinski definition) is 2. The van der Waals surface area contributed by atoms with Gasteiger partial charge in [0, 0.05) is 10.6 Å². The lowest BCUT2D eigenvalue weighted by molar-refractivity contribution is 0.560. The van der Waals surface area contributed by atoms with Crippen LogP contribution in [0.1, 0.15) is 22.7 Å². The minimum atomic E-state index is -0.413. The maximum atomic E-state index is 13.8. The number of nitrogens with one attached hydrogen (secondary N) is 1. The fourth-order valence-electron chi connectivity index (χ4n) is 1.95. The molecular formula is C14H14ClFN2. The monoisotopic (exact) mass is 264 g/mol. The predicted octanol–water partition coefficient (Wildman–Crippen LogP) is 3.34. The predicted molar refractivity (Wildman–Crippen MR) is 71.8 cm³/mol. The number of nitrogens with two attached hydrogens (primary N) is 1. The van der Waals surface area contributed by atoms with Crippen molar-refractivity contribution in [3.05, 3.63) is 70.0 Å². The van der Waals surface area contributed by atoms with Crippen LogP contribution in [-0.2, 0) is 0 Å². The standard InChI is InChI=1S/C14H14ClFN2/c1-9-3-2-4-10(7-9)14(18-17)12-8-11(15)5-6-13(12)16/h2-8,14,18H,17H2,1H3. The zero-order valence-corrected chi connectivity index (χ0v) is 10.7. The third-order valence-corrected chi connectivity index (χ3v) is 3.05. The third-order valence-electron chi connectivity index (χ3n) is 2.81. The molecular weight excluding hydrogens is 251 g/mol. The Kier molecular flexibility index (Phi) is 3.97. The number of rotatable bonds is 3. The summed E-state index contributed by atoms with van der Waals surface area (Å²) in [6, 6.07) is 11.8. The Balaban J connectivity index is 2.48. The Morgan fingerprint density at radius 1 is 1.22 bits per heavy atom. The molecule has 1 atom stereocenters. The van der Waals surface area contributed by atoms with Crippen LogP contribution in [0.5, 0.6) is 0 Å². The van der Waals surface area contributed by atoms with Gasteiger partial charge in [-0.2, -0.15) is 0 Å². The molecule has 0 saturated carbocycles. The van der Waals surface area contributed by atoms with Crippen molar-refractivity contribution >= 4 is 11.6 Å². The number of benzene rings is 2. The molecule has 0 aliphatic rings. The second-order valence-corrected chi connectivity index (χ2v) is 4.62. The van der Waals surface area contributed by atoms with Crippen molar-refractivity contribution in [2.24, 2.45) is 5.84 Å². The Morgan fingerprint density at radius 3 is 2.67 bits per heavy atom. The average molecular weight is 265 g/mol. The van der Waals surface area contributed by atoms with Crippen LogP contribution in [0.2, 0.25) is 5.02 Å². The lowest BCUT2D eigenvalue weighted by atomic mass is 9.97. The van der Waals surface area contributed by atoms with E-state index in [1.165, 1.54) is 12.1 Å². The van der Waals surface area contributed by atoms with Gasteiger partial charge in [-0.1, -0.05) is 41.4 Å². The van der Waals surface area contributed by atoms with Crippen molar-refractivity contribution in [3.8, 4) is 0 Å². The molecule has 2 rings (SSSR count). The third kappa shape index (κ3) is 2.70. The Bertz CT molecular complexity index is 557. The van der Waals surface area contributed by atoms with Gasteiger partial charge in [-0.25, -0.2) is 9.82 Å². The molecule has 3 N–H and O–H groups in total. The second kappa shape index (κ2) is 5.48. The molecule has 0 heterocycles. The number of aryl methyl sites for hydroxylation is 1. The van der Waals surface area contributed by atoms with Gasteiger partial charge in [-0.15, -0.1) is 0 Å². The molecule has 0 saturated heterocycles. The first-order chi connectivity index (χ1) is 8.61. The average Bonchev–Trinajstić information content (AvgIpc) is 2.35. The maximum Gasteiger partial charge on any atom is 0.128 e. The summed E-state index contributed by atoms with van der Waals surface area (Å²) in [5, 5.41) is 0.485. The van der Waals surface area contributed by atoms with E-state index < -0.39 is 6.04 Å². The van der Waals surface area contributed by atoms with E-state index in [-0.39, 0.29) is 5.82 Å². The van der Waals surface area contributed by atoms with Crippen molar-refractivity contribution in [3.63, 3.8) is 0 Å². The summed E-state index contributed by atoms with van der Waals surface area (Å²) in [5.41, 5.74) is 5.07. The lowest BCUT2D eigenvalue weighted by Crippen LogP contribution is -2.29. The molecule has 0 spiro atoms. The molecule has 4 heteroatoms. The van der Waals surface area contributed by atoms with Crippen molar-refractivity contribution < 1.29 is 4.39 Å². The summed E-state index contributed by atoms with van der Waals surface area (Å²) in [7, 11) is 0. The second-order valence-electron chi connectivity index (χ2n) is 4.18. The zero-order valence-electron chi connectivity index (χ0n) is 9.95.